The zero-order valence-corrected chi connectivity index (χ0v) is 17.9. The van der Waals surface area contributed by atoms with E-state index < -0.39 is 23.4 Å². The number of rotatable bonds is 4. The lowest BCUT2D eigenvalue weighted by Crippen LogP contribution is -2.50. The first kappa shape index (κ1) is 20.5. The second-order valence-electron chi connectivity index (χ2n) is 7.76. The molecule has 1 aliphatic carbocycles. The highest BCUT2D eigenvalue weighted by Gasteiger charge is 2.51. The molecule has 0 amide bonds. The molecule has 1 aromatic heterocycles. The van der Waals surface area contributed by atoms with Crippen LogP contribution in [-0.4, -0.2) is 39.8 Å². The summed E-state index contributed by atoms with van der Waals surface area (Å²) in [6, 6.07) is 17.2. The minimum absolute atomic E-state index is 0.148. The van der Waals surface area contributed by atoms with Gasteiger partial charge in [-0.1, -0.05) is 30.3 Å². The van der Waals surface area contributed by atoms with Gasteiger partial charge < -0.3 is 9.84 Å². The van der Waals surface area contributed by atoms with Crippen molar-refractivity contribution in [2.45, 2.75) is 29.8 Å². The van der Waals surface area contributed by atoms with Gasteiger partial charge in [-0.2, -0.15) is 0 Å². The number of hydrogen-bond acceptors (Lipinski definition) is 5. The lowest BCUT2D eigenvalue weighted by molar-refractivity contribution is -0.156. The van der Waals surface area contributed by atoms with Gasteiger partial charge in [-0.3, -0.25) is 19.4 Å². The van der Waals surface area contributed by atoms with Crippen molar-refractivity contribution >= 4 is 17.7 Å². The van der Waals surface area contributed by atoms with Crippen molar-refractivity contribution < 1.29 is 14.6 Å². The molecule has 0 bridgehead atoms. The monoisotopic (exact) mass is 424 g/mol. The summed E-state index contributed by atoms with van der Waals surface area (Å²) in [6.45, 7) is 1.63. The van der Waals surface area contributed by atoms with Gasteiger partial charge in [0.25, 0.3) is 5.56 Å². The van der Waals surface area contributed by atoms with Crippen LogP contribution in [0.4, 0.5) is 0 Å². The van der Waals surface area contributed by atoms with Crippen molar-refractivity contribution in [3.05, 3.63) is 81.8 Å². The minimum atomic E-state index is -1.39. The van der Waals surface area contributed by atoms with Crippen molar-refractivity contribution in [1.82, 2.24) is 9.78 Å². The predicted molar refractivity (Wildman–Crippen MR) is 116 cm³/mol. The van der Waals surface area contributed by atoms with Gasteiger partial charge in [0.15, 0.2) is 0 Å². The fourth-order valence-corrected chi connectivity index (χ4v) is 4.84. The number of fused-ring (bicyclic) bond motifs is 1. The molecule has 4 rings (SSSR count). The SMILES string of the molecule is COC(=O)[C@@H]1[C@@H](c2ccc(SC)cc2)c2c(n(-c3ccccc3)[nH]c2=O)C[C@@]1(C)O. The number of methoxy groups -OCH3 is 1. The average Bonchev–Trinajstić information content (AvgIpc) is 3.07. The normalized spacial score (nSPS) is 23.1. The lowest BCUT2D eigenvalue weighted by atomic mass is 9.66. The van der Waals surface area contributed by atoms with Crippen molar-refractivity contribution in [3.63, 3.8) is 0 Å². The molecule has 0 fully saturated rings. The van der Waals surface area contributed by atoms with E-state index in [9.17, 15) is 14.7 Å². The molecule has 0 saturated carbocycles. The van der Waals surface area contributed by atoms with Crippen LogP contribution in [0.3, 0.4) is 0 Å². The summed E-state index contributed by atoms with van der Waals surface area (Å²) in [7, 11) is 1.31. The van der Waals surface area contributed by atoms with Crippen molar-refractivity contribution in [2.75, 3.05) is 13.4 Å². The van der Waals surface area contributed by atoms with E-state index in [4.69, 9.17) is 4.74 Å². The number of thioether (sulfide) groups is 1. The highest BCUT2D eigenvalue weighted by molar-refractivity contribution is 7.98. The summed E-state index contributed by atoms with van der Waals surface area (Å²) in [5.74, 6) is -2.06. The Kier molecular flexibility index (Phi) is 5.34. The van der Waals surface area contributed by atoms with E-state index in [2.05, 4.69) is 5.10 Å². The summed E-state index contributed by atoms with van der Waals surface area (Å²) in [5.41, 5.74) is 1.10. The first-order valence-electron chi connectivity index (χ1n) is 9.70. The van der Waals surface area contributed by atoms with Crippen molar-refractivity contribution in [3.8, 4) is 5.69 Å². The summed E-state index contributed by atoms with van der Waals surface area (Å²) in [6.07, 6.45) is 2.13. The minimum Gasteiger partial charge on any atom is -0.469 e. The Hall–Kier alpha value is -2.77. The molecule has 3 atom stereocenters. The van der Waals surface area contributed by atoms with Crippen LogP contribution in [0.2, 0.25) is 0 Å². The predicted octanol–water partition coefficient (Wildman–Crippen LogP) is 3.12. The van der Waals surface area contributed by atoms with Crippen LogP contribution >= 0.6 is 11.8 Å². The van der Waals surface area contributed by atoms with E-state index >= 15 is 0 Å². The second kappa shape index (κ2) is 7.81. The molecule has 6 nitrogen and oxygen atoms in total. The Morgan fingerprint density at radius 1 is 1.20 bits per heavy atom. The number of carbonyl (C=O) groups is 1. The smallest absolute Gasteiger partial charge is 0.312 e. The zero-order chi connectivity index (χ0) is 21.5. The number of benzene rings is 2. The first-order chi connectivity index (χ1) is 14.4. The molecule has 0 saturated heterocycles. The van der Waals surface area contributed by atoms with E-state index in [-0.39, 0.29) is 12.0 Å². The van der Waals surface area contributed by atoms with E-state index in [1.54, 1.807) is 23.4 Å². The zero-order valence-electron chi connectivity index (χ0n) is 17.1. The second-order valence-corrected chi connectivity index (χ2v) is 8.64. The summed E-state index contributed by atoms with van der Waals surface area (Å²) in [4.78, 5) is 27.0. The molecule has 156 valence electrons. The van der Waals surface area contributed by atoms with Gasteiger partial charge in [0.1, 0.15) is 0 Å². The molecule has 30 heavy (non-hydrogen) atoms. The number of aliphatic hydroxyl groups is 1. The first-order valence-corrected chi connectivity index (χ1v) is 10.9. The van der Waals surface area contributed by atoms with Gasteiger partial charge in [-0.25, -0.2) is 0 Å². The molecular weight excluding hydrogens is 400 g/mol. The molecule has 0 aliphatic heterocycles. The number of ether oxygens (including phenoxy) is 1. The number of nitrogens with one attached hydrogen (secondary N) is 1. The average molecular weight is 425 g/mol. The number of aromatic nitrogens is 2. The Morgan fingerprint density at radius 2 is 1.87 bits per heavy atom. The van der Waals surface area contributed by atoms with Gasteiger partial charge in [0.2, 0.25) is 0 Å². The van der Waals surface area contributed by atoms with E-state index in [0.29, 0.717) is 11.3 Å². The Balaban J connectivity index is 1.97. The Bertz CT molecular complexity index is 1120. The molecule has 3 aromatic rings. The molecule has 2 aromatic carbocycles. The molecule has 2 N–H and O–H groups in total. The molecule has 7 heteroatoms. The third-order valence-electron chi connectivity index (χ3n) is 5.82. The fourth-order valence-electron chi connectivity index (χ4n) is 4.44. The molecule has 1 aliphatic rings. The number of para-hydroxylation sites is 1. The molecular formula is C23H24N2O4S. The standard InChI is InChI=1S/C23H24N2O4S/c1-23(28)13-17-19(21(26)24-25(17)15-7-5-4-6-8-15)18(20(23)22(27)29-2)14-9-11-16(30-3)12-10-14/h4-12,18,20,28H,13H2,1-3H3,(H,24,26)/t18-,20-,23+/m0/s1. The van der Waals surface area contributed by atoms with Gasteiger partial charge in [0.05, 0.1) is 30.0 Å². The van der Waals surface area contributed by atoms with Crippen LogP contribution < -0.4 is 5.56 Å². The summed E-state index contributed by atoms with van der Waals surface area (Å²) < 4.78 is 6.76. The van der Waals surface area contributed by atoms with Crippen LogP contribution in [0.15, 0.2) is 64.3 Å². The van der Waals surface area contributed by atoms with Crippen LogP contribution in [0.25, 0.3) is 5.69 Å². The maximum absolute atomic E-state index is 13.1. The maximum Gasteiger partial charge on any atom is 0.312 e. The number of carbonyl (C=O) groups excluding carboxylic acids is 1. The quantitative estimate of drug-likeness (QED) is 0.497. The molecule has 0 radical (unpaired) electrons. The highest BCUT2D eigenvalue weighted by Crippen LogP contribution is 2.45. The van der Waals surface area contributed by atoms with Gasteiger partial charge in [-0.15, -0.1) is 11.8 Å². The number of H-pyrrole nitrogens is 1. The number of esters is 1. The summed E-state index contributed by atoms with van der Waals surface area (Å²) in [5, 5.41) is 14.3. The van der Waals surface area contributed by atoms with Crippen molar-refractivity contribution in [1.29, 1.82) is 0 Å². The van der Waals surface area contributed by atoms with Crippen LogP contribution in [0, 0.1) is 5.92 Å². The van der Waals surface area contributed by atoms with Gasteiger partial charge >= 0.3 is 5.97 Å². The number of nitrogens with zero attached hydrogens (tertiary/aromatic N) is 1. The molecule has 0 unspecified atom stereocenters. The Morgan fingerprint density at radius 3 is 2.47 bits per heavy atom. The lowest BCUT2D eigenvalue weighted by Gasteiger charge is -2.40. The molecule has 1 heterocycles. The van der Waals surface area contributed by atoms with E-state index in [1.165, 1.54) is 7.11 Å². The van der Waals surface area contributed by atoms with E-state index in [1.807, 2.05) is 60.9 Å². The van der Waals surface area contributed by atoms with Gasteiger partial charge in [-0.05, 0) is 43.0 Å². The largest absolute Gasteiger partial charge is 0.469 e. The molecule has 0 spiro atoms. The highest BCUT2D eigenvalue weighted by atomic mass is 32.2. The fraction of sp³-hybridized carbons (Fsp3) is 0.304. The number of aromatic amines is 1. The third-order valence-corrected chi connectivity index (χ3v) is 6.57. The maximum atomic E-state index is 13.1. The van der Waals surface area contributed by atoms with Crippen LogP contribution in [0.5, 0.6) is 0 Å². The van der Waals surface area contributed by atoms with Crippen LogP contribution in [-0.2, 0) is 16.0 Å². The van der Waals surface area contributed by atoms with Crippen molar-refractivity contribution in [2.24, 2.45) is 5.92 Å². The Labute approximate surface area is 178 Å². The topological polar surface area (TPSA) is 84.3 Å². The van der Waals surface area contributed by atoms with Gasteiger partial charge in [0, 0.05) is 22.8 Å². The third kappa shape index (κ3) is 3.38. The number of hydrogen-bond donors (Lipinski definition) is 2. The van der Waals surface area contributed by atoms with Crippen LogP contribution in [0.1, 0.15) is 29.7 Å². The van der Waals surface area contributed by atoms with E-state index in [0.717, 1.165) is 16.1 Å². The summed E-state index contributed by atoms with van der Waals surface area (Å²) >= 11 is 1.61.